The van der Waals surface area contributed by atoms with E-state index in [9.17, 15) is 4.79 Å². The molecule has 1 N–H and O–H groups in total. The van der Waals surface area contributed by atoms with Gasteiger partial charge in [-0.1, -0.05) is 0 Å². The largest absolute Gasteiger partial charge is 0.478 e. The molecule has 0 fully saturated rings. The molecule has 0 aliphatic carbocycles. The summed E-state index contributed by atoms with van der Waals surface area (Å²) in [5.41, 5.74) is 1.06. The molecular weight excluding hydrogens is 236 g/mol. The monoisotopic (exact) mass is 244 g/mol. The van der Waals surface area contributed by atoms with Crippen LogP contribution in [0.4, 0.5) is 0 Å². The van der Waals surface area contributed by atoms with Crippen LogP contribution in [-0.4, -0.2) is 27.8 Å². The minimum Gasteiger partial charge on any atom is -0.478 e. The summed E-state index contributed by atoms with van der Waals surface area (Å²) in [6.45, 7) is 0.175. The second-order valence-electron chi connectivity index (χ2n) is 3.66. The third-order valence-electron chi connectivity index (χ3n) is 2.59. The highest BCUT2D eigenvalue weighted by Gasteiger charge is 2.18. The summed E-state index contributed by atoms with van der Waals surface area (Å²) in [5.74, 6) is 0.162. The van der Waals surface area contributed by atoms with E-state index in [-0.39, 0.29) is 12.4 Å². The van der Waals surface area contributed by atoms with Crippen molar-refractivity contribution in [2.45, 2.75) is 0 Å². The van der Waals surface area contributed by atoms with Gasteiger partial charge in [-0.15, -0.1) is 0 Å². The number of aromatic carboxylic acids is 1. The smallest absolute Gasteiger partial charge is 0.339 e. The van der Waals surface area contributed by atoms with Gasteiger partial charge in [0.15, 0.2) is 11.5 Å². The molecule has 0 atom stereocenters. The molecule has 0 bridgehead atoms. The Balaban J connectivity index is 2.13. The number of ether oxygens (including phenoxy) is 2. The molecule has 0 saturated heterocycles. The van der Waals surface area contributed by atoms with E-state index in [0.29, 0.717) is 22.8 Å². The first kappa shape index (κ1) is 10.5. The summed E-state index contributed by atoms with van der Waals surface area (Å²) < 4.78 is 10.4. The third kappa shape index (κ3) is 1.64. The van der Waals surface area contributed by atoms with Crippen molar-refractivity contribution >= 4 is 5.97 Å². The standard InChI is InChI=1S/C12H8N2O4/c15-12(16)8-4-13-5-14-11(8)7-1-2-9-10(3-7)18-6-17-9/h1-5H,6H2,(H,15,16). The Kier molecular flexibility index (Phi) is 2.33. The number of hydrogen-bond acceptors (Lipinski definition) is 5. The normalized spacial score (nSPS) is 12.4. The average molecular weight is 244 g/mol. The van der Waals surface area contributed by atoms with E-state index in [4.69, 9.17) is 14.6 Å². The molecular formula is C12H8N2O4. The fourth-order valence-corrected chi connectivity index (χ4v) is 1.76. The van der Waals surface area contributed by atoms with Crippen LogP contribution in [-0.2, 0) is 0 Å². The van der Waals surface area contributed by atoms with E-state index < -0.39 is 5.97 Å². The van der Waals surface area contributed by atoms with Gasteiger partial charge in [0.05, 0.1) is 5.69 Å². The predicted molar refractivity (Wildman–Crippen MR) is 60.6 cm³/mol. The van der Waals surface area contributed by atoms with Crippen LogP contribution in [0.3, 0.4) is 0 Å². The molecule has 1 aliphatic heterocycles. The zero-order chi connectivity index (χ0) is 12.5. The molecule has 0 saturated carbocycles. The van der Waals surface area contributed by atoms with Crippen LogP contribution >= 0.6 is 0 Å². The van der Waals surface area contributed by atoms with E-state index in [1.807, 2.05) is 0 Å². The number of carbonyl (C=O) groups is 1. The average Bonchev–Trinajstić information content (AvgIpc) is 2.85. The molecule has 3 rings (SSSR count). The second-order valence-corrected chi connectivity index (χ2v) is 3.66. The van der Waals surface area contributed by atoms with Crippen molar-refractivity contribution in [3.8, 4) is 22.8 Å². The van der Waals surface area contributed by atoms with Gasteiger partial charge in [-0.05, 0) is 18.2 Å². The van der Waals surface area contributed by atoms with Crippen LogP contribution in [0.15, 0.2) is 30.7 Å². The molecule has 18 heavy (non-hydrogen) atoms. The van der Waals surface area contributed by atoms with Gasteiger partial charge in [0.25, 0.3) is 0 Å². The molecule has 6 nitrogen and oxygen atoms in total. The van der Waals surface area contributed by atoms with Gasteiger partial charge in [-0.2, -0.15) is 0 Å². The molecule has 2 heterocycles. The van der Waals surface area contributed by atoms with E-state index in [1.54, 1.807) is 18.2 Å². The molecule has 1 aromatic carbocycles. The van der Waals surface area contributed by atoms with Gasteiger partial charge in [0.1, 0.15) is 11.9 Å². The Labute approximate surface area is 102 Å². The zero-order valence-corrected chi connectivity index (χ0v) is 9.16. The number of carboxylic acids is 1. The molecule has 0 radical (unpaired) electrons. The maximum absolute atomic E-state index is 11.1. The number of fused-ring (bicyclic) bond motifs is 1. The zero-order valence-electron chi connectivity index (χ0n) is 9.16. The highest BCUT2D eigenvalue weighted by Crippen LogP contribution is 2.35. The lowest BCUT2D eigenvalue weighted by Crippen LogP contribution is -2.02. The molecule has 0 amide bonds. The topological polar surface area (TPSA) is 81.5 Å². The molecule has 2 aromatic rings. The number of aromatic nitrogens is 2. The van der Waals surface area contributed by atoms with Crippen molar-refractivity contribution in [1.29, 1.82) is 0 Å². The van der Waals surface area contributed by atoms with Gasteiger partial charge >= 0.3 is 5.97 Å². The van der Waals surface area contributed by atoms with Crippen molar-refractivity contribution in [3.63, 3.8) is 0 Å². The number of benzene rings is 1. The van der Waals surface area contributed by atoms with Gasteiger partial charge in [-0.3, -0.25) is 0 Å². The Morgan fingerprint density at radius 3 is 2.94 bits per heavy atom. The number of carboxylic acid groups (broad SMARTS) is 1. The fourth-order valence-electron chi connectivity index (χ4n) is 1.76. The SMILES string of the molecule is O=C(O)c1cncnc1-c1ccc2c(c1)OCO2. The summed E-state index contributed by atoms with van der Waals surface area (Å²) in [4.78, 5) is 18.8. The van der Waals surface area contributed by atoms with Crippen LogP contribution in [0.25, 0.3) is 11.3 Å². The summed E-state index contributed by atoms with van der Waals surface area (Å²) in [6, 6.07) is 5.17. The van der Waals surface area contributed by atoms with Crippen molar-refractivity contribution in [2.75, 3.05) is 6.79 Å². The van der Waals surface area contributed by atoms with E-state index in [1.165, 1.54) is 12.5 Å². The Morgan fingerprint density at radius 1 is 1.28 bits per heavy atom. The molecule has 1 aromatic heterocycles. The maximum Gasteiger partial charge on any atom is 0.339 e. The van der Waals surface area contributed by atoms with Crippen molar-refractivity contribution in [1.82, 2.24) is 9.97 Å². The highest BCUT2D eigenvalue weighted by molar-refractivity contribution is 5.94. The minimum absolute atomic E-state index is 0.0522. The van der Waals surface area contributed by atoms with E-state index in [2.05, 4.69) is 9.97 Å². The Hall–Kier alpha value is -2.63. The van der Waals surface area contributed by atoms with Crippen LogP contribution in [0, 0.1) is 0 Å². The summed E-state index contributed by atoms with van der Waals surface area (Å²) in [7, 11) is 0. The molecule has 6 heteroatoms. The number of rotatable bonds is 2. The molecule has 1 aliphatic rings. The van der Waals surface area contributed by atoms with Gasteiger partial charge in [-0.25, -0.2) is 14.8 Å². The van der Waals surface area contributed by atoms with Crippen LogP contribution in [0.1, 0.15) is 10.4 Å². The van der Waals surface area contributed by atoms with E-state index >= 15 is 0 Å². The first-order valence-electron chi connectivity index (χ1n) is 5.19. The lowest BCUT2D eigenvalue weighted by Gasteiger charge is -2.05. The van der Waals surface area contributed by atoms with Gasteiger partial charge < -0.3 is 14.6 Å². The fraction of sp³-hybridized carbons (Fsp3) is 0.0833. The second kappa shape index (κ2) is 3.99. The first-order chi connectivity index (χ1) is 8.75. The first-order valence-corrected chi connectivity index (χ1v) is 5.19. The number of hydrogen-bond donors (Lipinski definition) is 1. The third-order valence-corrected chi connectivity index (χ3v) is 2.59. The summed E-state index contributed by atoms with van der Waals surface area (Å²) >= 11 is 0. The van der Waals surface area contributed by atoms with Crippen molar-refractivity contribution < 1.29 is 19.4 Å². The Bertz CT molecular complexity index is 627. The number of nitrogens with zero attached hydrogens (tertiary/aromatic N) is 2. The van der Waals surface area contributed by atoms with E-state index in [0.717, 1.165) is 0 Å². The molecule has 90 valence electrons. The summed E-state index contributed by atoms with van der Waals surface area (Å²) in [6.07, 6.45) is 2.58. The van der Waals surface area contributed by atoms with Crippen LogP contribution in [0.5, 0.6) is 11.5 Å². The highest BCUT2D eigenvalue weighted by atomic mass is 16.7. The quantitative estimate of drug-likeness (QED) is 0.863. The van der Waals surface area contributed by atoms with Crippen LogP contribution < -0.4 is 9.47 Å². The minimum atomic E-state index is -1.07. The molecule has 0 unspecified atom stereocenters. The van der Waals surface area contributed by atoms with Gasteiger partial charge in [0, 0.05) is 11.8 Å². The maximum atomic E-state index is 11.1. The van der Waals surface area contributed by atoms with Gasteiger partial charge in [0.2, 0.25) is 6.79 Å². The molecule has 0 spiro atoms. The van der Waals surface area contributed by atoms with Crippen LogP contribution in [0.2, 0.25) is 0 Å². The lowest BCUT2D eigenvalue weighted by atomic mass is 10.1. The summed E-state index contributed by atoms with van der Waals surface area (Å²) in [5, 5.41) is 9.08. The Morgan fingerprint density at radius 2 is 2.11 bits per heavy atom. The van der Waals surface area contributed by atoms with Crippen molar-refractivity contribution in [2.24, 2.45) is 0 Å². The van der Waals surface area contributed by atoms with Crippen molar-refractivity contribution in [3.05, 3.63) is 36.3 Å². The predicted octanol–water partition coefficient (Wildman–Crippen LogP) is 1.57. The lowest BCUT2D eigenvalue weighted by molar-refractivity contribution is 0.0697.